The lowest BCUT2D eigenvalue weighted by atomic mass is 10.1. The summed E-state index contributed by atoms with van der Waals surface area (Å²) in [6, 6.07) is 0.00822. The minimum Gasteiger partial charge on any atom is -0.487 e. The van der Waals surface area contributed by atoms with Crippen LogP contribution < -0.4 is 10.2 Å². The van der Waals surface area contributed by atoms with Crippen molar-refractivity contribution < 1.29 is 23.8 Å². The molecule has 2 aliphatic heterocycles. The van der Waals surface area contributed by atoms with Gasteiger partial charge in [0.25, 0.3) is 5.91 Å². The molecular weight excluding hydrogens is 340 g/mol. The van der Waals surface area contributed by atoms with Crippen molar-refractivity contribution >= 4 is 11.9 Å². The van der Waals surface area contributed by atoms with Crippen molar-refractivity contribution in [2.45, 2.75) is 51.9 Å². The van der Waals surface area contributed by atoms with Crippen LogP contribution in [0.25, 0.3) is 0 Å². The number of carbonyl (C=O) groups excluding carboxylic acids is 2. The van der Waals surface area contributed by atoms with Crippen LogP contribution in [0, 0.1) is 0 Å². The van der Waals surface area contributed by atoms with Gasteiger partial charge in [0.05, 0.1) is 26.9 Å². The van der Waals surface area contributed by atoms with E-state index >= 15 is 0 Å². The molecular formula is C18H24N2O6. The highest BCUT2D eigenvalue weighted by Crippen LogP contribution is 2.30. The molecule has 1 aromatic rings. The summed E-state index contributed by atoms with van der Waals surface area (Å²) in [7, 11) is 1.21. The maximum Gasteiger partial charge on any atom is 0.343 e. The number of pyridine rings is 1. The van der Waals surface area contributed by atoms with E-state index < -0.39 is 17.6 Å². The van der Waals surface area contributed by atoms with Gasteiger partial charge in [-0.15, -0.1) is 0 Å². The van der Waals surface area contributed by atoms with E-state index in [0.29, 0.717) is 19.8 Å². The van der Waals surface area contributed by atoms with Crippen LogP contribution in [0.5, 0.6) is 5.75 Å². The fourth-order valence-electron chi connectivity index (χ4n) is 3.35. The van der Waals surface area contributed by atoms with Gasteiger partial charge in [-0.2, -0.15) is 0 Å². The van der Waals surface area contributed by atoms with E-state index in [1.807, 2.05) is 13.8 Å². The first-order valence-electron chi connectivity index (χ1n) is 8.92. The first-order chi connectivity index (χ1) is 12.5. The molecule has 1 saturated heterocycles. The number of esters is 1. The average molecular weight is 364 g/mol. The van der Waals surface area contributed by atoms with Crippen LogP contribution in [0.2, 0.25) is 0 Å². The Labute approximate surface area is 151 Å². The summed E-state index contributed by atoms with van der Waals surface area (Å²) in [6.45, 7) is 5.15. The molecule has 8 heteroatoms. The number of hydrogen-bond donors (Lipinski definition) is 0. The highest BCUT2D eigenvalue weighted by Gasteiger charge is 2.41. The van der Waals surface area contributed by atoms with Gasteiger partial charge in [0.15, 0.2) is 17.7 Å². The Kier molecular flexibility index (Phi) is 5.31. The highest BCUT2D eigenvalue weighted by atomic mass is 16.5. The number of fused-ring (bicyclic) bond motifs is 2. The molecule has 142 valence electrons. The molecule has 3 rings (SSSR count). The topological polar surface area (TPSA) is 87.1 Å². The van der Waals surface area contributed by atoms with Gasteiger partial charge in [-0.25, -0.2) is 4.79 Å². The largest absolute Gasteiger partial charge is 0.487 e. The number of nitrogens with zero attached hydrogens (tertiary/aromatic N) is 2. The van der Waals surface area contributed by atoms with Gasteiger partial charge < -0.3 is 23.7 Å². The molecule has 1 amide bonds. The second-order valence-corrected chi connectivity index (χ2v) is 6.57. The van der Waals surface area contributed by atoms with Crippen molar-refractivity contribution in [3.63, 3.8) is 0 Å². The van der Waals surface area contributed by atoms with Gasteiger partial charge in [0.1, 0.15) is 5.56 Å². The average Bonchev–Trinajstić information content (AvgIpc) is 2.63. The van der Waals surface area contributed by atoms with E-state index in [2.05, 4.69) is 0 Å². The van der Waals surface area contributed by atoms with Gasteiger partial charge in [0, 0.05) is 12.2 Å². The van der Waals surface area contributed by atoms with Crippen LogP contribution in [0.4, 0.5) is 0 Å². The van der Waals surface area contributed by atoms with Gasteiger partial charge in [-0.1, -0.05) is 13.3 Å². The molecule has 2 atom stereocenters. The standard InChI is InChI=1S/C18H24N2O6/c1-4-5-7-26-16-14-17(22)20-11(2)6-8-25-13(20)10-19(14)9-12(15(16)21)18(23)24-3/h9,11,13H,4-8,10H2,1-3H3/t11-,13+/m1/s1. The van der Waals surface area contributed by atoms with Gasteiger partial charge >= 0.3 is 5.97 Å². The minimum atomic E-state index is -0.751. The van der Waals surface area contributed by atoms with Crippen molar-refractivity contribution in [2.24, 2.45) is 0 Å². The van der Waals surface area contributed by atoms with Crippen LogP contribution in [-0.2, 0) is 16.0 Å². The van der Waals surface area contributed by atoms with Crippen molar-refractivity contribution in [3.8, 4) is 5.75 Å². The molecule has 1 fully saturated rings. The van der Waals surface area contributed by atoms with E-state index in [9.17, 15) is 14.4 Å². The maximum atomic E-state index is 13.1. The molecule has 0 aliphatic carbocycles. The molecule has 0 unspecified atom stereocenters. The molecule has 0 aromatic carbocycles. The number of ether oxygens (including phenoxy) is 3. The molecule has 0 spiro atoms. The summed E-state index contributed by atoms with van der Waals surface area (Å²) >= 11 is 0. The lowest BCUT2D eigenvalue weighted by molar-refractivity contribution is -0.112. The maximum absolute atomic E-state index is 13.1. The van der Waals surface area contributed by atoms with E-state index in [0.717, 1.165) is 19.3 Å². The molecule has 2 aliphatic rings. The van der Waals surface area contributed by atoms with Crippen LogP contribution in [-0.4, -0.2) is 53.9 Å². The van der Waals surface area contributed by atoms with E-state index in [4.69, 9.17) is 14.2 Å². The molecule has 1 aromatic heterocycles. The molecule has 26 heavy (non-hydrogen) atoms. The summed E-state index contributed by atoms with van der Waals surface area (Å²) in [5.41, 5.74) is -0.586. The van der Waals surface area contributed by atoms with Crippen LogP contribution in [0.3, 0.4) is 0 Å². The first kappa shape index (κ1) is 18.4. The predicted octanol–water partition coefficient (Wildman–Crippen LogP) is 1.40. The Bertz CT molecular complexity index is 772. The third-order valence-electron chi connectivity index (χ3n) is 4.81. The molecule has 0 bridgehead atoms. The quantitative estimate of drug-likeness (QED) is 0.580. The zero-order chi connectivity index (χ0) is 18.8. The fraction of sp³-hybridized carbons (Fsp3) is 0.611. The fourth-order valence-corrected chi connectivity index (χ4v) is 3.35. The normalized spacial score (nSPS) is 21.8. The van der Waals surface area contributed by atoms with E-state index in [-0.39, 0.29) is 29.0 Å². The Hall–Kier alpha value is -2.35. The number of carbonyl (C=O) groups is 2. The Morgan fingerprint density at radius 3 is 2.85 bits per heavy atom. The number of rotatable bonds is 5. The highest BCUT2D eigenvalue weighted by molar-refractivity contribution is 5.98. The summed E-state index contributed by atoms with van der Waals surface area (Å²) < 4.78 is 17.7. The third-order valence-corrected chi connectivity index (χ3v) is 4.81. The van der Waals surface area contributed by atoms with Crippen LogP contribution in [0.1, 0.15) is 54.0 Å². The number of aromatic nitrogens is 1. The summed E-state index contributed by atoms with van der Waals surface area (Å²) in [6.07, 6.45) is 3.30. The van der Waals surface area contributed by atoms with E-state index in [1.165, 1.54) is 13.3 Å². The van der Waals surface area contributed by atoms with Gasteiger partial charge in [0.2, 0.25) is 5.43 Å². The summed E-state index contributed by atoms with van der Waals surface area (Å²) in [5, 5.41) is 0. The molecule has 0 N–H and O–H groups in total. The molecule has 3 heterocycles. The number of methoxy groups -OCH3 is 1. The van der Waals surface area contributed by atoms with E-state index in [1.54, 1.807) is 9.47 Å². The predicted molar refractivity (Wildman–Crippen MR) is 92.4 cm³/mol. The van der Waals surface area contributed by atoms with Crippen LogP contribution in [0.15, 0.2) is 11.0 Å². The smallest absolute Gasteiger partial charge is 0.343 e. The zero-order valence-corrected chi connectivity index (χ0v) is 15.3. The SMILES string of the molecule is CCCCOc1c2n(cc(C(=O)OC)c1=O)C[C@@H]1OCC[C@@H](C)N1C2=O. The number of unbranched alkanes of at least 4 members (excludes halogenated alkanes) is 1. The van der Waals surface area contributed by atoms with Gasteiger partial charge in [-0.05, 0) is 19.8 Å². The van der Waals surface area contributed by atoms with Crippen molar-refractivity contribution in [1.82, 2.24) is 9.47 Å². The zero-order valence-electron chi connectivity index (χ0n) is 15.3. The minimum absolute atomic E-state index is 0.00822. The third kappa shape index (κ3) is 3.09. The Balaban J connectivity index is 2.12. The number of hydrogen-bond acceptors (Lipinski definition) is 6. The second-order valence-electron chi connectivity index (χ2n) is 6.57. The lowest BCUT2D eigenvalue weighted by Gasteiger charge is -2.44. The molecule has 0 radical (unpaired) electrons. The van der Waals surface area contributed by atoms with Crippen molar-refractivity contribution in [1.29, 1.82) is 0 Å². The van der Waals surface area contributed by atoms with Crippen molar-refractivity contribution in [3.05, 3.63) is 27.7 Å². The monoisotopic (exact) mass is 364 g/mol. The molecule has 0 saturated carbocycles. The van der Waals surface area contributed by atoms with Crippen molar-refractivity contribution in [2.75, 3.05) is 20.3 Å². The second kappa shape index (κ2) is 7.49. The summed E-state index contributed by atoms with van der Waals surface area (Å²) in [4.78, 5) is 39.5. The van der Waals surface area contributed by atoms with Crippen LogP contribution >= 0.6 is 0 Å². The molecule has 8 nitrogen and oxygen atoms in total. The Morgan fingerprint density at radius 2 is 2.15 bits per heavy atom. The lowest BCUT2D eigenvalue weighted by Crippen LogP contribution is -2.57. The first-order valence-corrected chi connectivity index (χ1v) is 8.92. The Morgan fingerprint density at radius 1 is 1.38 bits per heavy atom. The number of amides is 1. The van der Waals surface area contributed by atoms with Gasteiger partial charge in [-0.3, -0.25) is 9.59 Å². The summed E-state index contributed by atoms with van der Waals surface area (Å²) in [5.74, 6) is -1.14.